The molecule has 0 fully saturated rings. The number of benzene rings is 1. The van der Waals surface area contributed by atoms with Gasteiger partial charge in [0.05, 0.1) is 7.11 Å². The number of ether oxygens (including phenoxy) is 1. The highest BCUT2D eigenvalue weighted by molar-refractivity contribution is 5.53. The Morgan fingerprint density at radius 2 is 1.92 bits per heavy atom. The zero-order valence-electron chi connectivity index (χ0n) is 8.03. The van der Waals surface area contributed by atoms with Crippen LogP contribution in [-0.4, -0.2) is 7.11 Å². The molecule has 0 unspecified atom stereocenters. The number of allylic oxidation sites excluding steroid dienone is 2. The van der Waals surface area contributed by atoms with Gasteiger partial charge in [0.15, 0.2) is 0 Å². The Hall–Kier alpha value is -1.50. The van der Waals surface area contributed by atoms with E-state index >= 15 is 0 Å². The molecule has 1 aromatic carbocycles. The maximum Gasteiger partial charge on any atom is 0.119 e. The summed E-state index contributed by atoms with van der Waals surface area (Å²) in [6, 6.07) is 10.1. The number of hydrogen-bond donors (Lipinski definition) is 0. The molecule has 0 N–H and O–H groups in total. The van der Waals surface area contributed by atoms with Gasteiger partial charge in [-0.3, -0.25) is 0 Å². The fourth-order valence-corrected chi connectivity index (χ4v) is 1.05. The van der Waals surface area contributed by atoms with Gasteiger partial charge >= 0.3 is 0 Å². The molecule has 0 atom stereocenters. The van der Waals surface area contributed by atoms with Crippen molar-refractivity contribution in [3.8, 4) is 0 Å². The minimum Gasteiger partial charge on any atom is -0.497 e. The molecule has 0 saturated carbocycles. The van der Waals surface area contributed by atoms with Crippen molar-refractivity contribution in [2.45, 2.75) is 6.92 Å². The minimum absolute atomic E-state index is 0.869. The van der Waals surface area contributed by atoms with Crippen LogP contribution in [0.1, 0.15) is 12.5 Å². The predicted molar refractivity (Wildman–Crippen MR) is 56.2 cm³/mol. The Kier molecular flexibility index (Phi) is 3.83. The highest BCUT2D eigenvalue weighted by atomic mass is 16.5. The molecule has 0 aliphatic heterocycles. The van der Waals surface area contributed by atoms with Crippen LogP contribution in [-0.2, 0) is 4.74 Å². The van der Waals surface area contributed by atoms with Gasteiger partial charge < -0.3 is 4.74 Å². The maximum atomic E-state index is 5.17. The lowest BCUT2D eigenvalue weighted by Crippen LogP contribution is -1.81. The van der Waals surface area contributed by atoms with Crippen molar-refractivity contribution in [2.75, 3.05) is 7.11 Å². The maximum absolute atomic E-state index is 5.17. The number of rotatable bonds is 3. The van der Waals surface area contributed by atoms with Crippen LogP contribution in [0.25, 0.3) is 6.08 Å². The molecule has 0 radical (unpaired) electrons. The van der Waals surface area contributed by atoms with Crippen LogP contribution < -0.4 is 0 Å². The van der Waals surface area contributed by atoms with Crippen LogP contribution in [0.5, 0.6) is 0 Å². The van der Waals surface area contributed by atoms with E-state index in [1.165, 1.54) is 0 Å². The molecule has 0 amide bonds. The van der Waals surface area contributed by atoms with Gasteiger partial charge in [-0.1, -0.05) is 36.4 Å². The van der Waals surface area contributed by atoms with Crippen molar-refractivity contribution in [3.63, 3.8) is 0 Å². The first-order valence-electron chi connectivity index (χ1n) is 4.30. The molecule has 0 heterocycles. The molecule has 68 valence electrons. The molecular weight excluding hydrogens is 160 g/mol. The molecule has 1 heteroatoms. The molecular formula is C12H14O. The molecule has 1 nitrogen and oxygen atoms in total. The van der Waals surface area contributed by atoms with E-state index < -0.39 is 0 Å². The molecule has 0 spiro atoms. The average Bonchev–Trinajstić information content (AvgIpc) is 2.19. The molecule has 0 aliphatic rings. The van der Waals surface area contributed by atoms with Gasteiger partial charge in [-0.05, 0) is 24.6 Å². The molecule has 0 aliphatic carbocycles. The molecule has 1 aromatic rings. The summed E-state index contributed by atoms with van der Waals surface area (Å²) in [5.41, 5.74) is 1.15. The van der Waals surface area contributed by atoms with Crippen molar-refractivity contribution in [3.05, 3.63) is 53.8 Å². The van der Waals surface area contributed by atoms with E-state index in [1.54, 1.807) is 7.11 Å². The van der Waals surface area contributed by atoms with E-state index in [-0.39, 0.29) is 0 Å². The summed E-state index contributed by atoms with van der Waals surface area (Å²) in [6.07, 6.45) is 5.89. The van der Waals surface area contributed by atoms with Gasteiger partial charge in [-0.25, -0.2) is 0 Å². The second-order valence-electron chi connectivity index (χ2n) is 2.66. The van der Waals surface area contributed by atoms with Gasteiger partial charge in [0.1, 0.15) is 5.76 Å². The Balaban J connectivity index is 2.85. The summed E-state index contributed by atoms with van der Waals surface area (Å²) in [5, 5.41) is 0. The van der Waals surface area contributed by atoms with Crippen molar-refractivity contribution in [2.24, 2.45) is 0 Å². The minimum atomic E-state index is 0.869. The molecule has 0 saturated heterocycles. The largest absolute Gasteiger partial charge is 0.497 e. The summed E-state index contributed by atoms with van der Waals surface area (Å²) in [7, 11) is 1.68. The first-order chi connectivity index (χ1) is 6.36. The first-order valence-corrected chi connectivity index (χ1v) is 4.30. The van der Waals surface area contributed by atoms with Crippen molar-refractivity contribution in [1.29, 1.82) is 0 Å². The van der Waals surface area contributed by atoms with Crippen LogP contribution >= 0.6 is 0 Å². The lowest BCUT2D eigenvalue weighted by atomic mass is 10.2. The first kappa shape index (κ1) is 9.59. The van der Waals surface area contributed by atoms with Gasteiger partial charge in [-0.2, -0.15) is 0 Å². The topological polar surface area (TPSA) is 9.23 Å². The van der Waals surface area contributed by atoms with Crippen LogP contribution in [0, 0.1) is 0 Å². The van der Waals surface area contributed by atoms with Crippen molar-refractivity contribution < 1.29 is 4.74 Å². The van der Waals surface area contributed by atoms with E-state index in [4.69, 9.17) is 4.74 Å². The molecule has 0 aromatic heterocycles. The van der Waals surface area contributed by atoms with Crippen LogP contribution in [0.2, 0.25) is 0 Å². The molecule has 1 rings (SSSR count). The normalized spacial score (nSPS) is 12.0. The zero-order valence-corrected chi connectivity index (χ0v) is 8.03. The summed E-state index contributed by atoms with van der Waals surface area (Å²) >= 11 is 0. The zero-order chi connectivity index (χ0) is 9.52. The predicted octanol–water partition coefficient (Wildman–Crippen LogP) is 3.25. The Morgan fingerprint density at radius 3 is 2.46 bits per heavy atom. The fourth-order valence-electron chi connectivity index (χ4n) is 1.05. The van der Waals surface area contributed by atoms with Crippen molar-refractivity contribution >= 4 is 6.08 Å². The smallest absolute Gasteiger partial charge is 0.119 e. The van der Waals surface area contributed by atoms with Crippen LogP contribution in [0.3, 0.4) is 0 Å². The number of methoxy groups -OCH3 is 1. The summed E-state index contributed by atoms with van der Waals surface area (Å²) < 4.78 is 5.17. The van der Waals surface area contributed by atoms with E-state index in [0.29, 0.717) is 0 Å². The second kappa shape index (κ2) is 5.20. The highest BCUT2D eigenvalue weighted by Crippen LogP contribution is 2.07. The summed E-state index contributed by atoms with van der Waals surface area (Å²) in [5.74, 6) is 0.869. The quantitative estimate of drug-likeness (QED) is 0.505. The Morgan fingerprint density at radius 1 is 1.23 bits per heavy atom. The average molecular weight is 174 g/mol. The Labute approximate surface area is 79.4 Å². The van der Waals surface area contributed by atoms with E-state index in [9.17, 15) is 0 Å². The van der Waals surface area contributed by atoms with Crippen LogP contribution in [0.15, 0.2) is 48.2 Å². The van der Waals surface area contributed by atoms with E-state index in [1.807, 2.05) is 55.5 Å². The summed E-state index contributed by atoms with van der Waals surface area (Å²) in [6.45, 7) is 1.97. The third-order valence-corrected chi connectivity index (χ3v) is 1.68. The third-order valence-electron chi connectivity index (χ3n) is 1.68. The van der Waals surface area contributed by atoms with E-state index in [2.05, 4.69) is 0 Å². The van der Waals surface area contributed by atoms with Gasteiger partial charge in [0.2, 0.25) is 0 Å². The van der Waals surface area contributed by atoms with Crippen molar-refractivity contribution in [1.82, 2.24) is 0 Å². The highest BCUT2D eigenvalue weighted by Gasteiger charge is 1.89. The lowest BCUT2D eigenvalue weighted by molar-refractivity contribution is 0.310. The lowest BCUT2D eigenvalue weighted by Gasteiger charge is -1.99. The second-order valence-corrected chi connectivity index (χ2v) is 2.66. The SMILES string of the molecule is CC=CC(=Cc1ccccc1)OC. The number of hydrogen-bond acceptors (Lipinski definition) is 1. The standard InChI is InChI=1S/C12H14O/c1-3-7-12(13-2)10-11-8-5-4-6-9-11/h3-10H,1-2H3. The van der Waals surface area contributed by atoms with Gasteiger partial charge in [0, 0.05) is 0 Å². The molecule has 13 heavy (non-hydrogen) atoms. The van der Waals surface area contributed by atoms with Gasteiger partial charge in [-0.15, -0.1) is 0 Å². The summed E-state index contributed by atoms with van der Waals surface area (Å²) in [4.78, 5) is 0. The van der Waals surface area contributed by atoms with Crippen LogP contribution in [0.4, 0.5) is 0 Å². The van der Waals surface area contributed by atoms with Gasteiger partial charge in [0.25, 0.3) is 0 Å². The van der Waals surface area contributed by atoms with E-state index in [0.717, 1.165) is 11.3 Å². The fraction of sp³-hybridized carbons (Fsp3) is 0.167. The Bertz CT molecular complexity index is 296. The molecule has 0 bridgehead atoms. The third kappa shape index (κ3) is 3.16. The monoisotopic (exact) mass is 174 g/mol.